The van der Waals surface area contributed by atoms with E-state index in [0.29, 0.717) is 0 Å². The van der Waals surface area contributed by atoms with Gasteiger partial charge in [-0.2, -0.15) is 13.2 Å². The molecule has 0 spiro atoms. The fraction of sp³-hybridized carbons (Fsp3) is 0.263. The van der Waals surface area contributed by atoms with Gasteiger partial charge in [0.1, 0.15) is 11.6 Å². The summed E-state index contributed by atoms with van der Waals surface area (Å²) in [7, 11) is 2.23. The second kappa shape index (κ2) is 7.61. The van der Waals surface area contributed by atoms with Crippen LogP contribution in [-0.4, -0.2) is 26.2 Å². The Morgan fingerprint density at radius 3 is 2.55 bits per heavy atom. The number of halogens is 4. The molecule has 1 atom stereocenters. The Labute approximate surface area is 163 Å². The number of amides is 2. The predicted molar refractivity (Wildman–Crippen MR) is 95.3 cm³/mol. The van der Waals surface area contributed by atoms with Crippen molar-refractivity contribution in [3.05, 3.63) is 53.3 Å². The Balaban J connectivity index is 2.16. The SMILES string of the molecule is COC(=O)CC1c2cccc(F)c2NC(=O)N1c1ccc(OC)c(C(F)(F)F)c1. The predicted octanol–water partition coefficient (Wildman–Crippen LogP) is 4.51. The molecule has 2 aromatic rings. The van der Waals surface area contributed by atoms with Gasteiger partial charge in [0, 0.05) is 11.3 Å². The van der Waals surface area contributed by atoms with Gasteiger partial charge in [-0.15, -0.1) is 0 Å². The van der Waals surface area contributed by atoms with Crippen LogP contribution in [0, 0.1) is 5.82 Å². The number of carbonyl (C=O) groups excluding carboxylic acids is 2. The van der Waals surface area contributed by atoms with E-state index in [1.807, 2.05) is 0 Å². The van der Waals surface area contributed by atoms with E-state index in [1.54, 1.807) is 0 Å². The fourth-order valence-electron chi connectivity index (χ4n) is 3.21. The summed E-state index contributed by atoms with van der Waals surface area (Å²) in [6.07, 6.45) is -5.12. The summed E-state index contributed by atoms with van der Waals surface area (Å²) >= 11 is 0. The van der Waals surface area contributed by atoms with Gasteiger partial charge in [0.15, 0.2) is 0 Å². The van der Waals surface area contributed by atoms with Gasteiger partial charge in [-0.3, -0.25) is 9.69 Å². The average molecular weight is 412 g/mol. The molecule has 0 radical (unpaired) electrons. The van der Waals surface area contributed by atoms with Gasteiger partial charge in [-0.25, -0.2) is 9.18 Å². The number of benzene rings is 2. The van der Waals surface area contributed by atoms with Crippen molar-refractivity contribution in [2.24, 2.45) is 0 Å². The van der Waals surface area contributed by atoms with Crippen LogP contribution in [0.25, 0.3) is 0 Å². The minimum Gasteiger partial charge on any atom is -0.496 e. The van der Waals surface area contributed by atoms with E-state index in [2.05, 4.69) is 10.1 Å². The van der Waals surface area contributed by atoms with Crippen LogP contribution in [0.2, 0.25) is 0 Å². The van der Waals surface area contributed by atoms with Crippen LogP contribution in [0.3, 0.4) is 0 Å². The summed E-state index contributed by atoms with van der Waals surface area (Å²) in [5.41, 5.74) is -1.13. The normalized spacial score (nSPS) is 16.1. The molecule has 0 saturated carbocycles. The summed E-state index contributed by atoms with van der Waals surface area (Å²) in [5.74, 6) is -1.86. The molecule has 0 bridgehead atoms. The largest absolute Gasteiger partial charge is 0.496 e. The number of nitrogens with one attached hydrogen (secondary N) is 1. The van der Waals surface area contributed by atoms with Crippen molar-refractivity contribution < 1.29 is 36.6 Å². The lowest BCUT2D eigenvalue weighted by molar-refractivity contribution is -0.141. The molecule has 1 unspecified atom stereocenters. The first-order valence-electron chi connectivity index (χ1n) is 8.38. The highest BCUT2D eigenvalue weighted by Gasteiger charge is 2.39. The minimum absolute atomic E-state index is 0.132. The van der Waals surface area contributed by atoms with E-state index >= 15 is 0 Å². The van der Waals surface area contributed by atoms with Gasteiger partial charge in [0.05, 0.1) is 37.9 Å². The Kier molecular flexibility index (Phi) is 5.36. The number of alkyl halides is 3. The summed E-state index contributed by atoms with van der Waals surface area (Å²) in [4.78, 5) is 25.6. The van der Waals surface area contributed by atoms with Crippen molar-refractivity contribution in [1.82, 2.24) is 0 Å². The monoisotopic (exact) mass is 412 g/mol. The Morgan fingerprint density at radius 1 is 1.21 bits per heavy atom. The zero-order chi connectivity index (χ0) is 21.3. The smallest absolute Gasteiger partial charge is 0.420 e. The average Bonchev–Trinajstić information content (AvgIpc) is 2.67. The number of methoxy groups -OCH3 is 2. The molecule has 1 heterocycles. The lowest BCUT2D eigenvalue weighted by atomic mass is 9.96. The molecule has 1 N–H and O–H groups in total. The number of ether oxygens (including phenoxy) is 2. The number of carbonyl (C=O) groups is 2. The van der Waals surface area contributed by atoms with E-state index in [4.69, 9.17) is 4.74 Å². The fourth-order valence-corrected chi connectivity index (χ4v) is 3.21. The van der Waals surface area contributed by atoms with Crippen molar-refractivity contribution in [3.63, 3.8) is 0 Å². The molecular formula is C19H16F4N2O4. The highest BCUT2D eigenvalue weighted by atomic mass is 19.4. The number of fused-ring (bicyclic) bond motifs is 1. The number of anilines is 2. The molecule has 154 valence electrons. The zero-order valence-electron chi connectivity index (χ0n) is 15.3. The zero-order valence-corrected chi connectivity index (χ0v) is 15.3. The Hall–Kier alpha value is -3.30. The first kappa shape index (κ1) is 20.4. The van der Waals surface area contributed by atoms with E-state index in [0.717, 1.165) is 37.3 Å². The molecule has 0 aromatic heterocycles. The van der Waals surface area contributed by atoms with Crippen molar-refractivity contribution in [3.8, 4) is 5.75 Å². The van der Waals surface area contributed by atoms with Crippen LogP contribution in [0.15, 0.2) is 36.4 Å². The highest BCUT2D eigenvalue weighted by Crippen LogP contribution is 2.43. The Bertz CT molecular complexity index is 962. The van der Waals surface area contributed by atoms with E-state index in [9.17, 15) is 27.2 Å². The molecule has 2 amide bonds. The van der Waals surface area contributed by atoms with E-state index < -0.39 is 41.3 Å². The molecule has 2 aromatic carbocycles. The number of esters is 1. The van der Waals surface area contributed by atoms with Crippen LogP contribution in [-0.2, 0) is 15.7 Å². The van der Waals surface area contributed by atoms with E-state index in [-0.39, 0.29) is 23.4 Å². The molecule has 1 aliphatic rings. The summed E-state index contributed by atoms with van der Waals surface area (Å²) in [6.45, 7) is 0. The number of nitrogens with zero attached hydrogens (tertiary/aromatic N) is 1. The molecular weight excluding hydrogens is 396 g/mol. The highest BCUT2D eigenvalue weighted by molar-refractivity contribution is 6.06. The second-order valence-electron chi connectivity index (χ2n) is 6.18. The number of rotatable bonds is 4. The number of urea groups is 1. The first-order chi connectivity index (χ1) is 13.7. The molecule has 10 heteroatoms. The molecule has 0 aliphatic carbocycles. The standard InChI is InChI=1S/C19H16F4N2O4/c1-28-15-7-6-10(8-12(15)19(21,22)23)25-14(9-16(26)29-2)11-4-3-5-13(20)17(11)24-18(25)27/h3-8,14H,9H2,1-2H3,(H,24,27). The third kappa shape index (κ3) is 3.82. The summed E-state index contributed by atoms with van der Waals surface area (Å²) in [5, 5.41) is 2.33. The maximum absolute atomic E-state index is 14.2. The van der Waals surface area contributed by atoms with Crippen LogP contribution in [0.4, 0.5) is 33.7 Å². The molecule has 6 nitrogen and oxygen atoms in total. The third-order valence-corrected chi connectivity index (χ3v) is 4.52. The lowest BCUT2D eigenvalue weighted by Crippen LogP contribution is -2.44. The summed E-state index contributed by atoms with van der Waals surface area (Å²) in [6, 6.07) is 5.09. The van der Waals surface area contributed by atoms with Crippen LogP contribution in [0.1, 0.15) is 23.6 Å². The molecule has 29 heavy (non-hydrogen) atoms. The maximum atomic E-state index is 14.2. The molecule has 0 fully saturated rings. The lowest BCUT2D eigenvalue weighted by Gasteiger charge is -2.37. The topological polar surface area (TPSA) is 67.9 Å². The van der Waals surface area contributed by atoms with Gasteiger partial charge in [0.25, 0.3) is 0 Å². The van der Waals surface area contributed by atoms with Crippen LogP contribution >= 0.6 is 0 Å². The molecule has 0 saturated heterocycles. The number of para-hydroxylation sites is 1. The van der Waals surface area contributed by atoms with Crippen molar-refractivity contribution >= 4 is 23.4 Å². The second-order valence-corrected chi connectivity index (χ2v) is 6.18. The van der Waals surface area contributed by atoms with Gasteiger partial charge < -0.3 is 14.8 Å². The van der Waals surface area contributed by atoms with Crippen molar-refractivity contribution in [2.45, 2.75) is 18.6 Å². The molecule has 3 rings (SSSR count). The number of hydrogen-bond acceptors (Lipinski definition) is 4. The minimum atomic E-state index is -4.74. The molecule has 1 aliphatic heterocycles. The van der Waals surface area contributed by atoms with Gasteiger partial charge in [-0.1, -0.05) is 12.1 Å². The van der Waals surface area contributed by atoms with Gasteiger partial charge in [0.2, 0.25) is 0 Å². The van der Waals surface area contributed by atoms with E-state index in [1.165, 1.54) is 18.2 Å². The van der Waals surface area contributed by atoms with Crippen LogP contribution < -0.4 is 15.0 Å². The third-order valence-electron chi connectivity index (χ3n) is 4.52. The quantitative estimate of drug-likeness (QED) is 0.593. The maximum Gasteiger partial charge on any atom is 0.420 e. The van der Waals surface area contributed by atoms with Gasteiger partial charge in [-0.05, 0) is 24.3 Å². The first-order valence-corrected chi connectivity index (χ1v) is 8.38. The van der Waals surface area contributed by atoms with Crippen molar-refractivity contribution in [1.29, 1.82) is 0 Å². The Morgan fingerprint density at radius 2 is 1.93 bits per heavy atom. The van der Waals surface area contributed by atoms with Crippen molar-refractivity contribution in [2.75, 3.05) is 24.4 Å². The van der Waals surface area contributed by atoms with Gasteiger partial charge >= 0.3 is 18.2 Å². The number of hydrogen-bond donors (Lipinski definition) is 1. The van der Waals surface area contributed by atoms with Crippen LogP contribution in [0.5, 0.6) is 5.75 Å². The summed E-state index contributed by atoms with van der Waals surface area (Å²) < 4.78 is 63.8.